The predicted octanol–water partition coefficient (Wildman–Crippen LogP) is 0.669. The molecule has 0 spiro atoms. The molecule has 0 aliphatic carbocycles. The molecule has 0 bridgehead atoms. The van der Waals surface area contributed by atoms with Crippen molar-refractivity contribution in [3.8, 4) is 0 Å². The number of carbonyl (C=O) groups excluding carboxylic acids is 4. The van der Waals surface area contributed by atoms with Gasteiger partial charge in [0.25, 0.3) is 0 Å². The molecule has 3 N–H and O–H groups in total. The highest BCUT2D eigenvalue weighted by Gasteiger charge is 2.44. The predicted molar refractivity (Wildman–Crippen MR) is 143 cm³/mol. The van der Waals surface area contributed by atoms with E-state index in [1.165, 1.54) is 23.0 Å². The number of nitrogens with zero attached hydrogens (tertiary/aromatic N) is 4. The van der Waals surface area contributed by atoms with Crippen molar-refractivity contribution in [2.24, 2.45) is 5.92 Å². The number of likely N-dealkylation sites (N-methyl/N-ethyl adjacent to an activating group) is 1. The number of aromatic amines is 1. The molecule has 2 aromatic rings. The number of ether oxygens (including phenoxy) is 1. The van der Waals surface area contributed by atoms with Crippen LogP contribution in [0.1, 0.15) is 43.5 Å². The second-order valence-electron chi connectivity index (χ2n) is 10.2. The zero-order valence-corrected chi connectivity index (χ0v) is 23.0. The molecule has 0 saturated carbocycles. The standard InChI is InChI=1S/C27H36FN7O5/c1-4-16(2)23(34(3)22(36)15-40-11-10-28)26(38)31-20-9-8-17-6-5-7-18-12-21(35(24(17)18)27(20)39)25(37)29-13-19-14-30-33-32-19/h5-7,14,16,20-21,23H,4,8-13,15H2,1-3H3,(H,29,37)(H,31,38)(H,30,32,33)/t16-,20-,21-,23-/m0/s1. The minimum atomic E-state index is -0.894. The minimum absolute atomic E-state index is 0.156. The van der Waals surface area contributed by atoms with E-state index in [1.807, 2.05) is 32.0 Å². The van der Waals surface area contributed by atoms with Crippen LogP contribution in [-0.2, 0) is 43.3 Å². The number of anilines is 1. The van der Waals surface area contributed by atoms with E-state index in [0.717, 1.165) is 16.8 Å². The van der Waals surface area contributed by atoms with Crippen LogP contribution in [0.4, 0.5) is 10.1 Å². The first kappa shape index (κ1) is 29.1. The van der Waals surface area contributed by atoms with Gasteiger partial charge in [0, 0.05) is 13.5 Å². The summed E-state index contributed by atoms with van der Waals surface area (Å²) in [5.41, 5.74) is 3.11. The monoisotopic (exact) mass is 557 g/mol. The Balaban J connectivity index is 1.53. The normalized spacial score (nSPS) is 19.4. The van der Waals surface area contributed by atoms with E-state index in [9.17, 15) is 23.6 Å². The third-order valence-electron chi connectivity index (χ3n) is 7.64. The van der Waals surface area contributed by atoms with Crippen LogP contribution < -0.4 is 15.5 Å². The van der Waals surface area contributed by atoms with Gasteiger partial charge in [-0.25, -0.2) is 4.39 Å². The average molecular weight is 558 g/mol. The Labute approximate surface area is 232 Å². The van der Waals surface area contributed by atoms with Gasteiger partial charge in [0.15, 0.2) is 0 Å². The molecule has 0 unspecified atom stereocenters. The molecule has 2 aliphatic rings. The maximum atomic E-state index is 14.0. The number of rotatable bonds is 12. The Kier molecular flexibility index (Phi) is 9.46. The summed E-state index contributed by atoms with van der Waals surface area (Å²) in [4.78, 5) is 56.3. The van der Waals surface area contributed by atoms with E-state index in [4.69, 9.17) is 4.74 Å². The number of nitrogens with one attached hydrogen (secondary N) is 3. The van der Waals surface area contributed by atoms with Gasteiger partial charge in [-0.1, -0.05) is 38.5 Å². The number of hydrogen-bond acceptors (Lipinski definition) is 7. The molecule has 2 aliphatic heterocycles. The minimum Gasteiger partial charge on any atom is -0.369 e. The summed E-state index contributed by atoms with van der Waals surface area (Å²) in [6.07, 6.45) is 3.34. The smallest absolute Gasteiger partial charge is 0.250 e. The highest BCUT2D eigenvalue weighted by atomic mass is 19.1. The molecule has 1 aromatic carbocycles. The summed E-state index contributed by atoms with van der Waals surface area (Å²) in [5.74, 6) is -1.85. The van der Waals surface area contributed by atoms with Crippen molar-refractivity contribution in [1.29, 1.82) is 0 Å². The summed E-state index contributed by atoms with van der Waals surface area (Å²) in [7, 11) is 1.50. The number of aryl methyl sites for hydroxylation is 1. The molecule has 4 rings (SSSR count). The van der Waals surface area contributed by atoms with Crippen molar-refractivity contribution in [2.75, 3.05) is 31.8 Å². The fraction of sp³-hybridized carbons (Fsp3) is 0.556. The molecule has 12 nitrogen and oxygen atoms in total. The number of alkyl halides is 1. The van der Waals surface area contributed by atoms with E-state index >= 15 is 0 Å². The molecule has 3 heterocycles. The number of aromatic nitrogens is 3. The molecule has 4 amide bonds. The summed E-state index contributed by atoms with van der Waals surface area (Å²) >= 11 is 0. The number of benzene rings is 1. The highest BCUT2D eigenvalue weighted by Crippen LogP contribution is 2.39. The lowest BCUT2D eigenvalue weighted by Crippen LogP contribution is -2.58. The van der Waals surface area contributed by atoms with Gasteiger partial charge in [-0.3, -0.25) is 24.1 Å². The van der Waals surface area contributed by atoms with Gasteiger partial charge in [-0.05, 0) is 29.9 Å². The number of para-hydroxylation sites is 1. The number of carbonyl (C=O) groups is 4. The second kappa shape index (κ2) is 13.0. The number of H-pyrrole nitrogens is 1. The molecule has 4 atom stereocenters. The molecule has 13 heteroatoms. The summed E-state index contributed by atoms with van der Waals surface area (Å²) in [6.45, 7) is 2.65. The van der Waals surface area contributed by atoms with Gasteiger partial charge < -0.3 is 20.3 Å². The topological polar surface area (TPSA) is 150 Å². The highest BCUT2D eigenvalue weighted by molar-refractivity contribution is 6.08. The molecule has 216 valence electrons. The quantitative estimate of drug-likeness (QED) is 0.325. The van der Waals surface area contributed by atoms with E-state index in [0.29, 0.717) is 31.4 Å². The molecule has 0 fully saturated rings. The van der Waals surface area contributed by atoms with Crippen LogP contribution >= 0.6 is 0 Å². The van der Waals surface area contributed by atoms with Crippen molar-refractivity contribution in [3.63, 3.8) is 0 Å². The fourth-order valence-electron chi connectivity index (χ4n) is 5.35. The molecule has 0 radical (unpaired) electrons. The Bertz CT molecular complexity index is 1220. The Morgan fingerprint density at radius 3 is 2.77 bits per heavy atom. The van der Waals surface area contributed by atoms with Gasteiger partial charge in [0.05, 0.1) is 25.0 Å². The van der Waals surface area contributed by atoms with Crippen LogP contribution in [-0.4, -0.2) is 89.0 Å². The SMILES string of the molecule is CC[C@H](C)[C@@H](C(=O)N[C@H]1CCc2cccc3c2N(C1=O)[C@H](C(=O)NCc1cn[nH]n1)C3)N(C)C(=O)COCCF. The second-order valence-corrected chi connectivity index (χ2v) is 10.2. The van der Waals surface area contributed by atoms with Gasteiger partial charge >= 0.3 is 0 Å². The Hall–Kier alpha value is -3.87. The van der Waals surface area contributed by atoms with Crippen LogP contribution in [0.5, 0.6) is 0 Å². The van der Waals surface area contributed by atoms with Crippen LogP contribution in [0, 0.1) is 5.92 Å². The average Bonchev–Trinajstić information content (AvgIpc) is 3.59. The van der Waals surface area contributed by atoms with Crippen molar-refractivity contribution in [1.82, 2.24) is 30.9 Å². The lowest BCUT2D eigenvalue weighted by atomic mass is 9.96. The van der Waals surface area contributed by atoms with Crippen molar-refractivity contribution in [3.05, 3.63) is 41.2 Å². The molecule has 1 aromatic heterocycles. The van der Waals surface area contributed by atoms with Gasteiger partial charge in [0.1, 0.15) is 37.1 Å². The van der Waals surface area contributed by atoms with Gasteiger partial charge in [-0.15, -0.1) is 0 Å². The maximum Gasteiger partial charge on any atom is 0.250 e. The lowest BCUT2D eigenvalue weighted by molar-refractivity contribution is -0.145. The largest absolute Gasteiger partial charge is 0.369 e. The summed E-state index contributed by atoms with van der Waals surface area (Å²) in [6, 6.07) is 3.22. The van der Waals surface area contributed by atoms with Crippen molar-refractivity contribution >= 4 is 29.3 Å². The molecular weight excluding hydrogens is 521 g/mol. The number of halogens is 1. The van der Waals surface area contributed by atoms with E-state index in [-0.39, 0.29) is 37.5 Å². The zero-order valence-electron chi connectivity index (χ0n) is 23.0. The maximum absolute atomic E-state index is 14.0. The number of hydrogen-bond donors (Lipinski definition) is 3. The Morgan fingerprint density at radius 2 is 2.08 bits per heavy atom. The summed E-state index contributed by atoms with van der Waals surface area (Å²) < 4.78 is 17.4. The third-order valence-corrected chi connectivity index (χ3v) is 7.64. The van der Waals surface area contributed by atoms with Crippen LogP contribution in [0.25, 0.3) is 0 Å². The van der Waals surface area contributed by atoms with E-state index < -0.39 is 36.6 Å². The molecule has 40 heavy (non-hydrogen) atoms. The third kappa shape index (κ3) is 6.14. The Morgan fingerprint density at radius 1 is 1.30 bits per heavy atom. The van der Waals surface area contributed by atoms with Gasteiger partial charge in [-0.2, -0.15) is 15.4 Å². The van der Waals surface area contributed by atoms with Crippen molar-refractivity contribution < 1.29 is 28.3 Å². The van der Waals surface area contributed by atoms with Gasteiger partial charge in [0.2, 0.25) is 23.6 Å². The van der Waals surface area contributed by atoms with Crippen LogP contribution in [0.2, 0.25) is 0 Å². The first-order chi connectivity index (χ1) is 19.3. The molecular formula is C27H36FN7O5. The van der Waals surface area contributed by atoms with Crippen LogP contribution in [0.3, 0.4) is 0 Å². The van der Waals surface area contributed by atoms with Crippen LogP contribution in [0.15, 0.2) is 24.4 Å². The fourth-order valence-corrected chi connectivity index (χ4v) is 5.35. The first-order valence-electron chi connectivity index (χ1n) is 13.5. The van der Waals surface area contributed by atoms with E-state index in [2.05, 4.69) is 26.0 Å². The summed E-state index contributed by atoms with van der Waals surface area (Å²) in [5, 5.41) is 15.9. The van der Waals surface area contributed by atoms with E-state index in [1.54, 1.807) is 0 Å². The zero-order chi connectivity index (χ0) is 28.8. The van der Waals surface area contributed by atoms with Crippen molar-refractivity contribution in [2.45, 2.75) is 64.2 Å². The molecule has 0 saturated heterocycles. The first-order valence-corrected chi connectivity index (χ1v) is 13.5. The lowest BCUT2D eigenvalue weighted by Gasteiger charge is -2.33. The number of amides is 4.